The predicted molar refractivity (Wildman–Crippen MR) is 132 cm³/mol. The quantitative estimate of drug-likeness (QED) is 0.431. The summed E-state index contributed by atoms with van der Waals surface area (Å²) >= 11 is 1.65. The maximum Gasteiger partial charge on any atom is 0.253 e. The maximum absolute atomic E-state index is 13.2. The normalized spacial score (nSPS) is 14.6. The Morgan fingerprint density at radius 2 is 2.03 bits per heavy atom. The number of carbonyl (C=O) groups excluding carboxylic acids is 1. The predicted octanol–water partition coefficient (Wildman–Crippen LogP) is 6.41. The van der Waals surface area contributed by atoms with Crippen molar-refractivity contribution in [3.8, 4) is 22.0 Å². The number of pyridine rings is 1. The van der Waals surface area contributed by atoms with E-state index < -0.39 is 0 Å². The number of hydrogen-bond acceptors (Lipinski definition) is 4. The fourth-order valence-electron chi connectivity index (χ4n) is 4.53. The topological polar surface area (TPSA) is 59.8 Å². The molecule has 0 bridgehead atoms. The highest BCUT2D eigenvalue weighted by Gasteiger charge is 2.23. The van der Waals surface area contributed by atoms with Crippen LogP contribution in [-0.4, -0.2) is 26.5 Å². The minimum atomic E-state index is 0.0584. The van der Waals surface area contributed by atoms with E-state index in [9.17, 15) is 4.79 Å². The summed E-state index contributed by atoms with van der Waals surface area (Å²) in [6, 6.07) is 6.49. The van der Waals surface area contributed by atoms with Crippen LogP contribution < -0.4 is 5.32 Å². The summed E-state index contributed by atoms with van der Waals surface area (Å²) in [6.07, 6.45) is 10.8. The Bertz CT molecular complexity index is 1060. The molecule has 1 N–H and O–H groups in total. The minimum Gasteiger partial charge on any atom is -0.349 e. The summed E-state index contributed by atoms with van der Waals surface area (Å²) < 4.78 is 2.28. The molecule has 4 rings (SSSR count). The van der Waals surface area contributed by atoms with Crippen molar-refractivity contribution in [2.75, 3.05) is 0 Å². The van der Waals surface area contributed by atoms with Gasteiger partial charge in [-0.15, -0.1) is 11.3 Å². The van der Waals surface area contributed by atoms with Crippen molar-refractivity contribution in [2.24, 2.45) is 0 Å². The summed E-state index contributed by atoms with van der Waals surface area (Å²) in [4.78, 5) is 22.5. The highest BCUT2D eigenvalue weighted by molar-refractivity contribution is 7.13. The van der Waals surface area contributed by atoms with Crippen LogP contribution in [0, 0.1) is 6.92 Å². The van der Waals surface area contributed by atoms with Crippen LogP contribution in [0.15, 0.2) is 29.8 Å². The van der Waals surface area contributed by atoms with Crippen LogP contribution in [0.3, 0.4) is 0 Å². The van der Waals surface area contributed by atoms with Crippen LogP contribution in [0.1, 0.15) is 80.5 Å². The first-order valence-corrected chi connectivity index (χ1v) is 12.9. The molecular formula is C26H34N4OS. The van der Waals surface area contributed by atoms with Crippen LogP contribution in [0.5, 0.6) is 0 Å². The van der Waals surface area contributed by atoms with Crippen molar-refractivity contribution < 1.29 is 4.79 Å². The van der Waals surface area contributed by atoms with E-state index in [0.29, 0.717) is 6.04 Å². The standard InChI is InChI=1S/C26H34N4OS/c1-4-6-14-30-18(3)22(25(31)28-21-10-8-7-9-11-21)16-24(30)23-17-32-26(29-23)19-12-13-27-20(5-2)15-19/h12-13,15-17,21H,4-11,14H2,1-3H3,(H,28,31). The Morgan fingerprint density at radius 1 is 1.22 bits per heavy atom. The molecule has 170 valence electrons. The number of aromatic nitrogens is 3. The van der Waals surface area contributed by atoms with E-state index in [1.807, 2.05) is 18.3 Å². The Hall–Kier alpha value is -2.47. The van der Waals surface area contributed by atoms with Gasteiger partial charge in [0.2, 0.25) is 0 Å². The molecule has 0 aliphatic heterocycles. The zero-order valence-electron chi connectivity index (χ0n) is 19.5. The van der Waals surface area contributed by atoms with Crippen LogP contribution in [0.4, 0.5) is 0 Å². The van der Waals surface area contributed by atoms with Crippen LogP contribution >= 0.6 is 11.3 Å². The number of unbranched alkanes of at least 4 members (excludes halogenated alkanes) is 1. The average Bonchev–Trinajstić information content (AvgIpc) is 3.43. The Kier molecular flexibility index (Phi) is 7.40. The third kappa shape index (κ3) is 4.96. The van der Waals surface area contributed by atoms with Gasteiger partial charge >= 0.3 is 0 Å². The molecule has 0 aromatic carbocycles. The lowest BCUT2D eigenvalue weighted by atomic mass is 9.95. The molecule has 3 aromatic heterocycles. The van der Waals surface area contributed by atoms with Gasteiger partial charge in [-0.05, 0) is 50.8 Å². The van der Waals surface area contributed by atoms with E-state index in [4.69, 9.17) is 4.98 Å². The lowest BCUT2D eigenvalue weighted by Crippen LogP contribution is -2.36. The molecule has 6 heteroatoms. The van der Waals surface area contributed by atoms with E-state index in [2.05, 4.69) is 47.1 Å². The van der Waals surface area contributed by atoms with Gasteiger partial charge in [0.05, 0.1) is 17.0 Å². The van der Waals surface area contributed by atoms with Gasteiger partial charge in [-0.2, -0.15) is 0 Å². The second-order valence-corrected chi connectivity index (χ2v) is 9.63. The van der Waals surface area contributed by atoms with Crippen molar-refractivity contribution in [1.29, 1.82) is 0 Å². The average molecular weight is 451 g/mol. The lowest BCUT2D eigenvalue weighted by molar-refractivity contribution is 0.0927. The molecule has 32 heavy (non-hydrogen) atoms. The second-order valence-electron chi connectivity index (χ2n) is 8.77. The van der Waals surface area contributed by atoms with Gasteiger partial charge in [-0.3, -0.25) is 9.78 Å². The van der Waals surface area contributed by atoms with E-state index >= 15 is 0 Å². The van der Waals surface area contributed by atoms with Gasteiger partial charge in [-0.1, -0.05) is 39.5 Å². The van der Waals surface area contributed by atoms with Crippen molar-refractivity contribution >= 4 is 17.2 Å². The number of carbonyl (C=O) groups is 1. The third-order valence-corrected chi connectivity index (χ3v) is 7.37. The summed E-state index contributed by atoms with van der Waals surface area (Å²) in [5.41, 5.74) is 5.98. The van der Waals surface area contributed by atoms with Crippen molar-refractivity contribution in [2.45, 2.75) is 84.7 Å². The molecule has 0 radical (unpaired) electrons. The number of rotatable bonds is 8. The molecule has 1 aliphatic rings. The highest BCUT2D eigenvalue weighted by atomic mass is 32.1. The Morgan fingerprint density at radius 3 is 2.78 bits per heavy atom. The van der Waals surface area contributed by atoms with Gasteiger partial charge in [0.15, 0.2) is 0 Å². The van der Waals surface area contributed by atoms with Crippen LogP contribution in [-0.2, 0) is 13.0 Å². The summed E-state index contributed by atoms with van der Waals surface area (Å²) in [6.45, 7) is 7.28. The molecular weight excluding hydrogens is 416 g/mol. The first kappa shape index (κ1) is 22.7. The molecule has 1 fully saturated rings. The van der Waals surface area contributed by atoms with Gasteiger partial charge in [0.1, 0.15) is 5.01 Å². The van der Waals surface area contributed by atoms with Crippen LogP contribution in [0.2, 0.25) is 0 Å². The SMILES string of the molecule is CCCCn1c(-c2csc(-c3ccnc(CC)c3)n2)cc(C(=O)NC2CCCCC2)c1C. The third-order valence-electron chi connectivity index (χ3n) is 6.48. The largest absolute Gasteiger partial charge is 0.349 e. The van der Waals surface area contributed by atoms with Gasteiger partial charge in [0, 0.05) is 41.1 Å². The number of thiazole rings is 1. The first-order valence-electron chi connectivity index (χ1n) is 12.0. The smallest absolute Gasteiger partial charge is 0.253 e. The molecule has 3 heterocycles. The van der Waals surface area contributed by atoms with E-state index in [1.165, 1.54) is 19.3 Å². The molecule has 1 aliphatic carbocycles. The first-order chi connectivity index (χ1) is 15.6. The number of aryl methyl sites for hydroxylation is 1. The molecule has 3 aromatic rings. The summed E-state index contributed by atoms with van der Waals surface area (Å²) in [5, 5.41) is 6.40. The number of hydrogen-bond donors (Lipinski definition) is 1. The monoisotopic (exact) mass is 450 g/mol. The Labute approximate surface area is 195 Å². The van der Waals surface area contributed by atoms with Crippen molar-refractivity contribution in [3.05, 3.63) is 46.7 Å². The van der Waals surface area contributed by atoms with Crippen molar-refractivity contribution in [1.82, 2.24) is 19.9 Å². The number of amides is 1. The lowest BCUT2D eigenvalue weighted by Gasteiger charge is -2.22. The second kappa shape index (κ2) is 10.4. The molecule has 0 saturated heterocycles. The fourth-order valence-corrected chi connectivity index (χ4v) is 5.34. The number of nitrogens with zero attached hydrogens (tertiary/aromatic N) is 3. The summed E-state index contributed by atoms with van der Waals surface area (Å²) in [7, 11) is 0. The molecule has 0 unspecified atom stereocenters. The fraction of sp³-hybridized carbons (Fsp3) is 0.500. The van der Waals surface area contributed by atoms with E-state index in [0.717, 1.165) is 77.6 Å². The van der Waals surface area contributed by atoms with Gasteiger partial charge < -0.3 is 9.88 Å². The highest BCUT2D eigenvalue weighted by Crippen LogP contribution is 2.32. The summed E-state index contributed by atoms with van der Waals surface area (Å²) in [5.74, 6) is 0.0584. The van der Waals surface area contributed by atoms with E-state index in [-0.39, 0.29) is 5.91 Å². The molecule has 0 spiro atoms. The minimum absolute atomic E-state index is 0.0584. The molecule has 5 nitrogen and oxygen atoms in total. The Balaban J connectivity index is 1.64. The van der Waals surface area contributed by atoms with Gasteiger partial charge in [0.25, 0.3) is 5.91 Å². The number of nitrogens with one attached hydrogen (secondary N) is 1. The molecule has 1 amide bonds. The zero-order valence-corrected chi connectivity index (χ0v) is 20.3. The zero-order chi connectivity index (χ0) is 22.5. The van der Waals surface area contributed by atoms with Crippen molar-refractivity contribution in [3.63, 3.8) is 0 Å². The van der Waals surface area contributed by atoms with Gasteiger partial charge in [-0.25, -0.2) is 4.98 Å². The molecule has 1 saturated carbocycles. The maximum atomic E-state index is 13.2. The van der Waals surface area contributed by atoms with E-state index in [1.54, 1.807) is 11.3 Å². The van der Waals surface area contributed by atoms with Crippen LogP contribution in [0.25, 0.3) is 22.0 Å². The molecule has 0 atom stereocenters.